The second-order valence-electron chi connectivity index (χ2n) is 3.21. The standard InChI is InChI=1S/C10H8F4N2/c11-8-5-6(9(16)3-4-15)1-2-7(8)10(12,13)14/h1-2,5,9H,3,16H2. The number of rotatable bonds is 2. The molecule has 2 N–H and O–H groups in total. The van der Waals surface area contributed by atoms with E-state index in [1.54, 1.807) is 6.07 Å². The van der Waals surface area contributed by atoms with Gasteiger partial charge in [-0.15, -0.1) is 0 Å². The summed E-state index contributed by atoms with van der Waals surface area (Å²) in [6.45, 7) is 0. The number of nitriles is 1. The van der Waals surface area contributed by atoms with Crippen LogP contribution in [-0.2, 0) is 6.18 Å². The maximum Gasteiger partial charge on any atom is 0.419 e. The van der Waals surface area contributed by atoms with E-state index >= 15 is 0 Å². The summed E-state index contributed by atoms with van der Waals surface area (Å²) in [5.41, 5.74) is 4.30. The third-order valence-electron chi connectivity index (χ3n) is 2.04. The zero-order valence-corrected chi connectivity index (χ0v) is 8.05. The fourth-order valence-electron chi connectivity index (χ4n) is 1.21. The van der Waals surface area contributed by atoms with Gasteiger partial charge in [0.25, 0.3) is 0 Å². The second kappa shape index (κ2) is 4.49. The molecule has 1 rings (SSSR count). The minimum absolute atomic E-state index is 0.0786. The second-order valence-corrected chi connectivity index (χ2v) is 3.21. The van der Waals surface area contributed by atoms with Gasteiger partial charge in [0.15, 0.2) is 0 Å². The van der Waals surface area contributed by atoms with E-state index in [1.165, 1.54) is 0 Å². The fourth-order valence-corrected chi connectivity index (χ4v) is 1.21. The first-order valence-corrected chi connectivity index (χ1v) is 4.35. The molecule has 16 heavy (non-hydrogen) atoms. The van der Waals surface area contributed by atoms with Gasteiger partial charge in [-0.3, -0.25) is 0 Å². The predicted octanol–water partition coefficient (Wildman–Crippen LogP) is 2.76. The van der Waals surface area contributed by atoms with E-state index in [2.05, 4.69) is 0 Å². The Kier molecular flexibility index (Phi) is 3.50. The van der Waals surface area contributed by atoms with Crippen LogP contribution in [0, 0.1) is 17.1 Å². The predicted molar refractivity (Wildman–Crippen MR) is 48.6 cm³/mol. The largest absolute Gasteiger partial charge is 0.419 e. The van der Waals surface area contributed by atoms with Crippen molar-refractivity contribution in [2.75, 3.05) is 0 Å². The number of alkyl halides is 3. The molecule has 0 spiro atoms. The highest BCUT2D eigenvalue weighted by atomic mass is 19.4. The number of halogens is 4. The first-order valence-electron chi connectivity index (χ1n) is 4.35. The van der Waals surface area contributed by atoms with E-state index < -0.39 is 23.6 Å². The van der Waals surface area contributed by atoms with Crippen LogP contribution in [0.15, 0.2) is 18.2 Å². The smallest absolute Gasteiger partial charge is 0.323 e. The van der Waals surface area contributed by atoms with Crippen LogP contribution in [-0.4, -0.2) is 0 Å². The Morgan fingerprint density at radius 1 is 1.38 bits per heavy atom. The lowest BCUT2D eigenvalue weighted by atomic mass is 10.0. The lowest BCUT2D eigenvalue weighted by Gasteiger charge is -2.12. The lowest BCUT2D eigenvalue weighted by Crippen LogP contribution is -2.12. The summed E-state index contributed by atoms with van der Waals surface area (Å²) in [7, 11) is 0. The third kappa shape index (κ3) is 2.70. The van der Waals surface area contributed by atoms with Gasteiger partial charge in [0, 0.05) is 6.04 Å². The van der Waals surface area contributed by atoms with Crippen LogP contribution < -0.4 is 5.73 Å². The first-order chi connectivity index (χ1) is 7.36. The molecule has 0 heterocycles. The zero-order chi connectivity index (χ0) is 12.3. The van der Waals surface area contributed by atoms with Crippen molar-refractivity contribution in [2.45, 2.75) is 18.6 Å². The molecule has 86 valence electrons. The van der Waals surface area contributed by atoms with Crippen molar-refractivity contribution in [3.63, 3.8) is 0 Å². The van der Waals surface area contributed by atoms with Gasteiger partial charge in [-0.1, -0.05) is 6.07 Å². The molecule has 0 bridgehead atoms. The molecule has 0 saturated heterocycles. The average molecular weight is 232 g/mol. The van der Waals surface area contributed by atoms with Crippen molar-refractivity contribution in [3.8, 4) is 6.07 Å². The van der Waals surface area contributed by atoms with Crippen LogP contribution in [0.2, 0.25) is 0 Å². The molecule has 0 aliphatic rings. The third-order valence-corrected chi connectivity index (χ3v) is 2.04. The molecule has 1 unspecified atom stereocenters. The summed E-state index contributed by atoms with van der Waals surface area (Å²) >= 11 is 0. The maximum atomic E-state index is 13.1. The summed E-state index contributed by atoms with van der Waals surface area (Å²) in [4.78, 5) is 0. The Labute approximate surface area is 89.3 Å². The molecular formula is C10H8F4N2. The summed E-state index contributed by atoms with van der Waals surface area (Å²) in [6.07, 6.45) is -4.80. The summed E-state index contributed by atoms with van der Waals surface area (Å²) in [5, 5.41) is 8.35. The van der Waals surface area contributed by atoms with Crippen LogP contribution in [0.1, 0.15) is 23.6 Å². The van der Waals surface area contributed by atoms with Crippen molar-refractivity contribution in [2.24, 2.45) is 5.73 Å². The number of benzene rings is 1. The molecule has 2 nitrogen and oxygen atoms in total. The van der Waals surface area contributed by atoms with E-state index in [0.717, 1.165) is 6.07 Å². The fraction of sp³-hybridized carbons (Fsp3) is 0.300. The Balaban J connectivity index is 3.05. The highest BCUT2D eigenvalue weighted by molar-refractivity contribution is 5.28. The molecule has 1 aromatic carbocycles. The van der Waals surface area contributed by atoms with Crippen molar-refractivity contribution < 1.29 is 17.6 Å². The van der Waals surface area contributed by atoms with E-state index in [4.69, 9.17) is 11.0 Å². The lowest BCUT2D eigenvalue weighted by molar-refractivity contribution is -0.140. The Morgan fingerprint density at radius 3 is 2.44 bits per heavy atom. The molecule has 0 saturated carbocycles. The monoisotopic (exact) mass is 232 g/mol. The maximum absolute atomic E-state index is 13.1. The highest BCUT2D eigenvalue weighted by Crippen LogP contribution is 2.32. The average Bonchev–Trinajstić information content (AvgIpc) is 2.16. The minimum atomic E-state index is -4.72. The molecule has 1 atom stereocenters. The SMILES string of the molecule is N#CCC(N)c1ccc(C(F)(F)F)c(F)c1. The van der Waals surface area contributed by atoms with E-state index in [9.17, 15) is 17.6 Å². The molecule has 6 heteroatoms. The van der Waals surface area contributed by atoms with Crippen LogP contribution in [0.5, 0.6) is 0 Å². The number of hydrogen-bond acceptors (Lipinski definition) is 2. The molecule has 0 fully saturated rings. The van der Waals surface area contributed by atoms with Crippen molar-refractivity contribution >= 4 is 0 Å². The number of nitrogens with two attached hydrogens (primary N) is 1. The molecule has 0 aromatic heterocycles. The van der Waals surface area contributed by atoms with Crippen molar-refractivity contribution in [1.82, 2.24) is 0 Å². The summed E-state index contributed by atoms with van der Waals surface area (Å²) in [6, 6.07) is 3.40. The van der Waals surface area contributed by atoms with E-state index in [0.29, 0.717) is 12.1 Å². The van der Waals surface area contributed by atoms with E-state index in [-0.39, 0.29) is 12.0 Å². The summed E-state index contributed by atoms with van der Waals surface area (Å²) < 4.78 is 49.7. The van der Waals surface area contributed by atoms with Crippen molar-refractivity contribution in [3.05, 3.63) is 35.1 Å². The van der Waals surface area contributed by atoms with Gasteiger partial charge in [0.05, 0.1) is 18.1 Å². The molecule has 0 radical (unpaired) electrons. The van der Waals surface area contributed by atoms with Gasteiger partial charge in [-0.2, -0.15) is 18.4 Å². The topological polar surface area (TPSA) is 49.8 Å². The summed E-state index contributed by atoms with van der Waals surface area (Å²) in [5.74, 6) is -1.38. The van der Waals surface area contributed by atoms with Crippen LogP contribution >= 0.6 is 0 Å². The van der Waals surface area contributed by atoms with Crippen molar-refractivity contribution in [1.29, 1.82) is 5.26 Å². The van der Waals surface area contributed by atoms with Gasteiger partial charge in [0.2, 0.25) is 0 Å². The normalized spacial score (nSPS) is 13.2. The Morgan fingerprint density at radius 2 is 2.00 bits per heavy atom. The van der Waals surface area contributed by atoms with Gasteiger partial charge < -0.3 is 5.73 Å². The molecular weight excluding hydrogens is 224 g/mol. The highest BCUT2D eigenvalue weighted by Gasteiger charge is 2.34. The molecule has 0 aliphatic heterocycles. The Hall–Kier alpha value is -1.61. The first kappa shape index (κ1) is 12.5. The van der Waals surface area contributed by atoms with Crippen LogP contribution in [0.3, 0.4) is 0 Å². The molecule has 0 aliphatic carbocycles. The van der Waals surface area contributed by atoms with Crippen LogP contribution in [0.25, 0.3) is 0 Å². The van der Waals surface area contributed by atoms with Gasteiger partial charge in [-0.25, -0.2) is 4.39 Å². The number of hydrogen-bond donors (Lipinski definition) is 1. The zero-order valence-electron chi connectivity index (χ0n) is 8.05. The quantitative estimate of drug-likeness (QED) is 0.797. The number of nitrogens with zero attached hydrogens (tertiary/aromatic N) is 1. The minimum Gasteiger partial charge on any atom is -0.323 e. The van der Waals surface area contributed by atoms with Gasteiger partial charge in [0.1, 0.15) is 5.82 Å². The van der Waals surface area contributed by atoms with Gasteiger partial charge >= 0.3 is 6.18 Å². The molecule has 1 aromatic rings. The van der Waals surface area contributed by atoms with E-state index in [1.807, 2.05) is 0 Å². The Bertz CT molecular complexity index is 420. The van der Waals surface area contributed by atoms with Crippen LogP contribution in [0.4, 0.5) is 17.6 Å². The molecule has 0 amide bonds. The van der Waals surface area contributed by atoms with Gasteiger partial charge in [-0.05, 0) is 17.7 Å².